The van der Waals surface area contributed by atoms with Gasteiger partial charge in [0.15, 0.2) is 0 Å². The second kappa shape index (κ2) is 5.72. The quantitative estimate of drug-likeness (QED) is 0.911. The first-order chi connectivity index (χ1) is 9.08. The van der Waals surface area contributed by atoms with Gasteiger partial charge >= 0.3 is 0 Å². The Balaban J connectivity index is 2.49. The van der Waals surface area contributed by atoms with Crippen molar-refractivity contribution in [3.8, 4) is 0 Å². The molecular formula is C15H19NO2S. The molecule has 4 heteroatoms. The molecule has 0 heterocycles. The predicted octanol–water partition coefficient (Wildman–Crippen LogP) is 3.31. The van der Waals surface area contributed by atoms with E-state index in [1.54, 1.807) is 12.1 Å². The summed E-state index contributed by atoms with van der Waals surface area (Å²) in [7, 11) is -3.46. The molecule has 0 spiro atoms. The predicted molar refractivity (Wildman–Crippen MR) is 78.6 cm³/mol. The minimum atomic E-state index is -3.46. The van der Waals surface area contributed by atoms with Gasteiger partial charge in [-0.2, -0.15) is 0 Å². The monoisotopic (exact) mass is 277 g/mol. The number of nitrogens with one attached hydrogen (secondary N) is 1. The van der Waals surface area contributed by atoms with Crippen LogP contribution in [0.4, 0.5) is 0 Å². The van der Waals surface area contributed by atoms with Crippen molar-refractivity contribution < 1.29 is 8.42 Å². The van der Waals surface area contributed by atoms with Crippen LogP contribution in [-0.4, -0.2) is 14.5 Å². The normalized spacial score (nSPS) is 12.2. The van der Waals surface area contributed by atoms with E-state index in [1.807, 2.05) is 44.2 Å². The maximum Gasteiger partial charge on any atom is 0.241 e. The zero-order valence-corrected chi connectivity index (χ0v) is 12.1. The van der Waals surface area contributed by atoms with Crippen LogP contribution in [-0.2, 0) is 10.0 Å². The first-order valence-corrected chi connectivity index (χ1v) is 8.07. The zero-order valence-electron chi connectivity index (χ0n) is 11.3. The molecule has 1 N–H and O–H groups in total. The topological polar surface area (TPSA) is 46.2 Å². The fraction of sp³-hybridized carbons (Fsp3) is 0.333. The summed E-state index contributed by atoms with van der Waals surface area (Å²) in [4.78, 5) is 0.359. The third kappa shape index (κ3) is 2.96. The second-order valence-corrected chi connectivity index (χ2v) is 6.29. The van der Waals surface area contributed by atoms with Crippen molar-refractivity contribution >= 4 is 20.8 Å². The third-order valence-electron chi connectivity index (χ3n) is 3.35. The third-order valence-corrected chi connectivity index (χ3v) is 4.93. The fourth-order valence-electron chi connectivity index (χ4n) is 2.17. The van der Waals surface area contributed by atoms with E-state index in [4.69, 9.17) is 0 Å². The molecule has 2 aromatic carbocycles. The number of hydrogen-bond donors (Lipinski definition) is 1. The Morgan fingerprint density at radius 1 is 1.00 bits per heavy atom. The summed E-state index contributed by atoms with van der Waals surface area (Å²) in [5, 5.41) is 1.71. The highest BCUT2D eigenvalue weighted by Crippen LogP contribution is 2.23. The highest BCUT2D eigenvalue weighted by molar-refractivity contribution is 7.89. The summed E-state index contributed by atoms with van der Waals surface area (Å²) in [6.45, 7) is 3.97. The van der Waals surface area contributed by atoms with E-state index < -0.39 is 10.0 Å². The average Bonchev–Trinajstić information content (AvgIpc) is 2.44. The second-order valence-electron chi connectivity index (χ2n) is 4.61. The fourth-order valence-corrected chi connectivity index (χ4v) is 3.80. The minimum absolute atomic E-state index is 0.0102. The summed E-state index contributed by atoms with van der Waals surface area (Å²) in [5.74, 6) is 0. The van der Waals surface area contributed by atoms with Crippen LogP contribution in [0, 0.1) is 0 Å². The molecule has 0 aliphatic heterocycles. The van der Waals surface area contributed by atoms with E-state index in [1.165, 1.54) is 0 Å². The summed E-state index contributed by atoms with van der Waals surface area (Å²) in [6.07, 6.45) is 1.58. The van der Waals surface area contributed by atoms with E-state index in [9.17, 15) is 8.42 Å². The highest BCUT2D eigenvalue weighted by atomic mass is 32.2. The number of hydrogen-bond acceptors (Lipinski definition) is 2. The lowest BCUT2D eigenvalue weighted by atomic mass is 10.1. The van der Waals surface area contributed by atoms with Crippen LogP contribution >= 0.6 is 0 Å². The van der Waals surface area contributed by atoms with E-state index in [-0.39, 0.29) is 6.04 Å². The van der Waals surface area contributed by atoms with Gasteiger partial charge in [-0.3, -0.25) is 0 Å². The van der Waals surface area contributed by atoms with Crippen molar-refractivity contribution in [1.29, 1.82) is 0 Å². The number of rotatable bonds is 5. The van der Waals surface area contributed by atoms with Crippen molar-refractivity contribution in [1.82, 2.24) is 4.72 Å². The number of sulfonamides is 1. The molecule has 0 atom stereocenters. The van der Waals surface area contributed by atoms with Gasteiger partial charge in [0.2, 0.25) is 10.0 Å². The van der Waals surface area contributed by atoms with Gasteiger partial charge < -0.3 is 0 Å². The molecule has 3 nitrogen and oxygen atoms in total. The summed E-state index contributed by atoms with van der Waals surface area (Å²) in [6, 6.07) is 12.9. The molecule has 2 rings (SSSR count). The molecular weight excluding hydrogens is 258 g/mol. The highest BCUT2D eigenvalue weighted by Gasteiger charge is 2.19. The van der Waals surface area contributed by atoms with Gasteiger partial charge in [-0.1, -0.05) is 50.2 Å². The molecule has 0 radical (unpaired) electrons. The zero-order chi connectivity index (χ0) is 13.9. The van der Waals surface area contributed by atoms with Crippen molar-refractivity contribution in [2.24, 2.45) is 0 Å². The van der Waals surface area contributed by atoms with Crippen LogP contribution < -0.4 is 4.72 Å². The maximum absolute atomic E-state index is 12.5. The van der Waals surface area contributed by atoms with Gasteiger partial charge in [-0.05, 0) is 24.3 Å². The summed E-state index contributed by atoms with van der Waals surface area (Å²) < 4.78 is 27.7. The van der Waals surface area contributed by atoms with Crippen molar-refractivity contribution in [3.63, 3.8) is 0 Å². The Hall–Kier alpha value is -1.39. The van der Waals surface area contributed by atoms with Crippen LogP contribution in [0.1, 0.15) is 26.7 Å². The Bertz CT molecular complexity index is 655. The Morgan fingerprint density at radius 2 is 1.63 bits per heavy atom. The van der Waals surface area contributed by atoms with Gasteiger partial charge in [-0.15, -0.1) is 0 Å². The van der Waals surface area contributed by atoms with Crippen LogP contribution in [0.3, 0.4) is 0 Å². The molecule has 0 aliphatic carbocycles. The molecule has 102 valence electrons. The molecule has 0 unspecified atom stereocenters. The molecule has 0 bridgehead atoms. The Kier molecular flexibility index (Phi) is 4.22. The SMILES string of the molecule is CCC(CC)NS(=O)(=O)c1cccc2ccccc12. The van der Waals surface area contributed by atoms with Crippen LogP contribution in [0.2, 0.25) is 0 Å². The lowest BCUT2D eigenvalue weighted by Gasteiger charge is -2.16. The summed E-state index contributed by atoms with van der Waals surface area (Å²) >= 11 is 0. The molecule has 0 fully saturated rings. The van der Waals surface area contributed by atoms with Gasteiger partial charge in [0.1, 0.15) is 0 Å². The van der Waals surface area contributed by atoms with Gasteiger partial charge in [0, 0.05) is 11.4 Å². The largest absolute Gasteiger partial charge is 0.241 e. The molecule has 0 aromatic heterocycles. The molecule has 2 aromatic rings. The maximum atomic E-state index is 12.5. The van der Waals surface area contributed by atoms with Gasteiger partial charge in [0.25, 0.3) is 0 Å². The molecule has 0 saturated carbocycles. The lowest BCUT2D eigenvalue weighted by molar-refractivity contribution is 0.531. The van der Waals surface area contributed by atoms with E-state index in [2.05, 4.69) is 4.72 Å². The number of fused-ring (bicyclic) bond motifs is 1. The average molecular weight is 277 g/mol. The van der Waals surface area contributed by atoms with Gasteiger partial charge in [-0.25, -0.2) is 13.1 Å². The molecule has 19 heavy (non-hydrogen) atoms. The summed E-state index contributed by atoms with van der Waals surface area (Å²) in [5.41, 5.74) is 0. The minimum Gasteiger partial charge on any atom is -0.208 e. The molecule has 0 saturated heterocycles. The Morgan fingerprint density at radius 3 is 2.32 bits per heavy atom. The van der Waals surface area contributed by atoms with E-state index >= 15 is 0 Å². The Labute approximate surface area is 114 Å². The molecule has 0 aliphatic rings. The first kappa shape index (κ1) is 14.0. The lowest BCUT2D eigenvalue weighted by Crippen LogP contribution is -2.33. The van der Waals surface area contributed by atoms with Gasteiger partial charge in [0.05, 0.1) is 4.90 Å². The van der Waals surface area contributed by atoms with E-state index in [0.717, 1.165) is 23.6 Å². The van der Waals surface area contributed by atoms with Crippen molar-refractivity contribution in [2.75, 3.05) is 0 Å². The molecule has 0 amide bonds. The van der Waals surface area contributed by atoms with Crippen LogP contribution in [0.25, 0.3) is 10.8 Å². The van der Waals surface area contributed by atoms with Crippen LogP contribution in [0.5, 0.6) is 0 Å². The van der Waals surface area contributed by atoms with Crippen molar-refractivity contribution in [2.45, 2.75) is 37.6 Å². The standard InChI is InChI=1S/C15H19NO2S/c1-3-13(4-2)16-19(17,18)15-11-7-9-12-8-5-6-10-14(12)15/h5-11,13,16H,3-4H2,1-2H3. The first-order valence-electron chi connectivity index (χ1n) is 6.58. The van der Waals surface area contributed by atoms with E-state index in [0.29, 0.717) is 4.90 Å². The number of benzene rings is 2. The van der Waals surface area contributed by atoms with Crippen LogP contribution in [0.15, 0.2) is 47.4 Å². The van der Waals surface area contributed by atoms with Crippen molar-refractivity contribution in [3.05, 3.63) is 42.5 Å². The smallest absolute Gasteiger partial charge is 0.208 e.